The molecular weight excluding hydrogens is 412 g/mol. The molecule has 0 aliphatic carbocycles. The fourth-order valence-electron chi connectivity index (χ4n) is 3.98. The van der Waals surface area contributed by atoms with Gasteiger partial charge in [0.1, 0.15) is 0 Å². The van der Waals surface area contributed by atoms with Gasteiger partial charge in [-0.1, -0.05) is 0 Å². The number of rotatable bonds is 2. The van der Waals surface area contributed by atoms with Crippen LogP contribution in [0.15, 0.2) is 79.1 Å². The first-order chi connectivity index (χ1) is 16.2. The highest BCUT2D eigenvalue weighted by molar-refractivity contribution is 6.21. The number of fused-ring (bicyclic) bond motifs is 7. The van der Waals surface area contributed by atoms with Crippen molar-refractivity contribution in [3.63, 3.8) is 0 Å². The van der Waals surface area contributed by atoms with Crippen LogP contribution in [0.1, 0.15) is 15.9 Å². The monoisotopic (exact) mass is 426 g/mol. The predicted molar refractivity (Wildman–Crippen MR) is 127 cm³/mol. The standard InChI is InChI=1S/C26H14N6O/c27-14-15-5-7-16(8-6-15)26(33)30-17-9-10-20-21(13-17)32-25-19-4-2-12-29-23(19)22-18(24(25)31-20)3-1-11-28-22/h1-13H,(H,30,33). The summed E-state index contributed by atoms with van der Waals surface area (Å²) >= 11 is 0. The van der Waals surface area contributed by atoms with E-state index in [1.54, 1.807) is 48.8 Å². The van der Waals surface area contributed by atoms with Crippen LogP contribution in [0.5, 0.6) is 0 Å². The first kappa shape index (κ1) is 18.8. The maximum absolute atomic E-state index is 12.6. The average molecular weight is 426 g/mol. The van der Waals surface area contributed by atoms with E-state index in [2.05, 4.69) is 15.3 Å². The molecule has 1 amide bonds. The Labute approximate surface area is 187 Å². The summed E-state index contributed by atoms with van der Waals surface area (Å²) in [7, 11) is 0. The molecule has 0 aliphatic rings. The minimum Gasteiger partial charge on any atom is -0.322 e. The highest BCUT2D eigenvalue weighted by Gasteiger charge is 2.14. The maximum atomic E-state index is 12.6. The number of nitrogens with one attached hydrogen (secondary N) is 1. The van der Waals surface area contributed by atoms with Crippen molar-refractivity contribution in [1.82, 2.24) is 19.9 Å². The van der Waals surface area contributed by atoms with Crippen LogP contribution in [-0.4, -0.2) is 25.8 Å². The number of nitriles is 1. The molecule has 3 aromatic carbocycles. The number of amides is 1. The Morgan fingerprint density at radius 2 is 1.39 bits per heavy atom. The van der Waals surface area contributed by atoms with Crippen LogP contribution in [0.25, 0.3) is 43.9 Å². The summed E-state index contributed by atoms with van der Waals surface area (Å²) in [4.78, 5) is 31.5. The number of carbonyl (C=O) groups excluding carboxylic acids is 1. The Balaban J connectivity index is 1.49. The first-order valence-electron chi connectivity index (χ1n) is 10.3. The Morgan fingerprint density at radius 3 is 2.03 bits per heavy atom. The van der Waals surface area contributed by atoms with Crippen molar-refractivity contribution in [3.8, 4) is 6.07 Å². The molecule has 0 saturated carbocycles. The van der Waals surface area contributed by atoms with E-state index in [1.807, 2.05) is 36.4 Å². The summed E-state index contributed by atoms with van der Waals surface area (Å²) in [5, 5.41) is 13.6. The second-order valence-corrected chi connectivity index (χ2v) is 7.57. The molecule has 0 unspecified atom stereocenters. The van der Waals surface area contributed by atoms with Crippen molar-refractivity contribution >= 4 is 55.5 Å². The van der Waals surface area contributed by atoms with Gasteiger partial charge in [0.2, 0.25) is 0 Å². The van der Waals surface area contributed by atoms with Crippen LogP contribution in [0.3, 0.4) is 0 Å². The molecule has 154 valence electrons. The molecule has 1 N–H and O–H groups in total. The molecule has 0 spiro atoms. The lowest BCUT2D eigenvalue weighted by molar-refractivity contribution is 0.102. The van der Waals surface area contributed by atoms with Gasteiger partial charge in [-0.2, -0.15) is 5.26 Å². The molecule has 0 saturated heterocycles. The molecule has 7 heteroatoms. The van der Waals surface area contributed by atoms with Gasteiger partial charge in [0.15, 0.2) is 0 Å². The number of pyridine rings is 2. The minimum atomic E-state index is -0.265. The second kappa shape index (κ2) is 7.32. The number of hydrogen-bond acceptors (Lipinski definition) is 6. The number of hydrogen-bond donors (Lipinski definition) is 1. The van der Waals surface area contributed by atoms with E-state index >= 15 is 0 Å². The van der Waals surface area contributed by atoms with Crippen molar-refractivity contribution in [2.45, 2.75) is 0 Å². The third-order valence-electron chi connectivity index (χ3n) is 5.55. The zero-order valence-electron chi connectivity index (χ0n) is 17.1. The van der Waals surface area contributed by atoms with Crippen LogP contribution in [0, 0.1) is 11.3 Å². The molecule has 6 rings (SSSR count). The molecule has 7 nitrogen and oxygen atoms in total. The van der Waals surface area contributed by atoms with E-state index in [-0.39, 0.29) is 5.91 Å². The zero-order valence-corrected chi connectivity index (χ0v) is 17.1. The van der Waals surface area contributed by atoms with Gasteiger partial charge in [0, 0.05) is 34.4 Å². The van der Waals surface area contributed by atoms with Gasteiger partial charge in [-0.05, 0) is 66.7 Å². The Kier molecular flexibility index (Phi) is 4.17. The van der Waals surface area contributed by atoms with Crippen LogP contribution < -0.4 is 5.32 Å². The molecule has 6 aromatic rings. The quantitative estimate of drug-likeness (QED) is 0.308. The summed E-state index contributed by atoms with van der Waals surface area (Å²) in [6.45, 7) is 0. The minimum absolute atomic E-state index is 0.265. The topological polar surface area (TPSA) is 104 Å². The normalized spacial score (nSPS) is 11.1. The summed E-state index contributed by atoms with van der Waals surface area (Å²) in [6.07, 6.45) is 3.49. The number of nitrogens with zero attached hydrogens (tertiary/aromatic N) is 5. The Morgan fingerprint density at radius 1 is 0.758 bits per heavy atom. The second-order valence-electron chi connectivity index (χ2n) is 7.57. The third-order valence-corrected chi connectivity index (χ3v) is 5.55. The van der Waals surface area contributed by atoms with Gasteiger partial charge in [-0.3, -0.25) is 14.8 Å². The summed E-state index contributed by atoms with van der Waals surface area (Å²) in [5.74, 6) is -0.265. The fourth-order valence-corrected chi connectivity index (χ4v) is 3.98. The highest BCUT2D eigenvalue weighted by atomic mass is 16.1. The molecule has 0 atom stereocenters. The zero-order chi connectivity index (χ0) is 22.4. The van der Waals surface area contributed by atoms with Crippen LogP contribution in [-0.2, 0) is 0 Å². The summed E-state index contributed by atoms with van der Waals surface area (Å²) < 4.78 is 0. The van der Waals surface area contributed by atoms with Gasteiger partial charge in [0.25, 0.3) is 5.91 Å². The third kappa shape index (κ3) is 3.09. The number of anilines is 1. The van der Waals surface area contributed by atoms with E-state index in [4.69, 9.17) is 15.2 Å². The van der Waals surface area contributed by atoms with Gasteiger partial charge >= 0.3 is 0 Å². The van der Waals surface area contributed by atoms with Crippen LogP contribution >= 0.6 is 0 Å². The van der Waals surface area contributed by atoms with E-state index < -0.39 is 0 Å². The molecule has 3 aromatic heterocycles. The Hall–Kier alpha value is -4.96. The number of benzene rings is 3. The fraction of sp³-hybridized carbons (Fsp3) is 0. The van der Waals surface area contributed by atoms with Crippen LogP contribution in [0.2, 0.25) is 0 Å². The molecule has 3 heterocycles. The van der Waals surface area contributed by atoms with E-state index in [1.165, 1.54) is 0 Å². The van der Waals surface area contributed by atoms with Crippen molar-refractivity contribution in [1.29, 1.82) is 5.26 Å². The van der Waals surface area contributed by atoms with Gasteiger partial charge in [-0.25, -0.2) is 9.97 Å². The van der Waals surface area contributed by atoms with E-state index in [9.17, 15) is 4.79 Å². The molecular formula is C26H14N6O. The SMILES string of the molecule is N#Cc1ccc(C(=O)Nc2ccc3nc4c5cccnc5c5ncccc5c4nc3c2)cc1. The van der Waals surface area contributed by atoms with Crippen LogP contribution in [0.4, 0.5) is 5.69 Å². The molecule has 0 aliphatic heterocycles. The summed E-state index contributed by atoms with van der Waals surface area (Å²) in [6, 6.07) is 21.7. The smallest absolute Gasteiger partial charge is 0.255 e. The predicted octanol–water partition coefficient (Wildman–Crippen LogP) is 5.00. The Bertz CT molecular complexity index is 1770. The summed E-state index contributed by atoms with van der Waals surface area (Å²) in [5.41, 5.74) is 6.02. The van der Waals surface area contributed by atoms with Crippen molar-refractivity contribution in [3.05, 3.63) is 90.3 Å². The van der Waals surface area contributed by atoms with Crippen molar-refractivity contribution in [2.75, 3.05) is 5.32 Å². The van der Waals surface area contributed by atoms with Gasteiger partial charge in [-0.15, -0.1) is 0 Å². The number of carbonyl (C=O) groups is 1. The highest BCUT2D eigenvalue weighted by Crippen LogP contribution is 2.32. The molecule has 0 bridgehead atoms. The molecule has 33 heavy (non-hydrogen) atoms. The van der Waals surface area contributed by atoms with E-state index in [0.717, 1.165) is 32.8 Å². The van der Waals surface area contributed by atoms with E-state index in [0.29, 0.717) is 27.8 Å². The first-order valence-corrected chi connectivity index (χ1v) is 10.3. The lowest BCUT2D eigenvalue weighted by Gasteiger charge is -2.10. The lowest BCUT2D eigenvalue weighted by Crippen LogP contribution is -2.11. The number of aromatic nitrogens is 4. The van der Waals surface area contributed by atoms with Gasteiger partial charge < -0.3 is 5.32 Å². The van der Waals surface area contributed by atoms with Gasteiger partial charge in [0.05, 0.1) is 44.7 Å². The van der Waals surface area contributed by atoms with Crippen molar-refractivity contribution < 1.29 is 4.79 Å². The van der Waals surface area contributed by atoms with Crippen molar-refractivity contribution in [2.24, 2.45) is 0 Å². The lowest BCUT2D eigenvalue weighted by atomic mass is 10.1. The molecule has 0 radical (unpaired) electrons. The largest absolute Gasteiger partial charge is 0.322 e. The molecule has 0 fully saturated rings. The average Bonchev–Trinajstić information content (AvgIpc) is 2.88. The maximum Gasteiger partial charge on any atom is 0.255 e.